The van der Waals surface area contributed by atoms with Crippen molar-refractivity contribution in [2.75, 3.05) is 0 Å². The number of hydrogen-bond acceptors (Lipinski definition) is 3. The summed E-state index contributed by atoms with van der Waals surface area (Å²) in [6, 6.07) is 17.1. The van der Waals surface area contributed by atoms with E-state index in [0.29, 0.717) is 11.3 Å². The summed E-state index contributed by atoms with van der Waals surface area (Å²) in [4.78, 5) is 15.7. The monoisotopic (exact) mass is 395 g/mol. The number of carbonyl (C=O) groups is 1. The second-order valence-electron chi connectivity index (χ2n) is 6.79. The van der Waals surface area contributed by atoms with Crippen molar-refractivity contribution in [2.45, 2.75) is 32.9 Å². The standard InChI is InChI=1S/C22H21N3O2.ClH/c1-16(26)18-9-5-10-19(13-18)23-21(27)15-24-14-20(17-7-3-2-4-8-17)25-12-6-11-22(24)25;/h2-5,7-10,13-14H,6,11-12,15H2,1H3;1H. The zero-order valence-electron chi connectivity index (χ0n) is 15.7. The third-order valence-corrected chi connectivity index (χ3v) is 4.88. The molecule has 1 aliphatic heterocycles. The average Bonchev–Trinajstić information content (AvgIpc) is 3.26. The molecule has 0 bridgehead atoms. The first-order valence-electron chi connectivity index (χ1n) is 9.14. The molecular weight excluding hydrogens is 374 g/mol. The first kappa shape index (κ1) is 19.8. The Labute approximate surface area is 170 Å². The van der Waals surface area contributed by atoms with Crippen LogP contribution in [0.15, 0.2) is 65.8 Å². The maximum atomic E-state index is 12.5. The molecule has 1 aliphatic rings. The largest absolute Gasteiger partial charge is 0.859 e. The molecule has 1 aromatic heterocycles. The van der Waals surface area contributed by atoms with Crippen LogP contribution in [0.2, 0.25) is 0 Å². The van der Waals surface area contributed by atoms with Gasteiger partial charge in [0.2, 0.25) is 0 Å². The molecule has 0 radical (unpaired) electrons. The lowest BCUT2D eigenvalue weighted by molar-refractivity contribution is -0.693. The third kappa shape index (κ3) is 3.99. The normalized spacial score (nSPS) is 13.1. The van der Waals surface area contributed by atoms with Crippen LogP contribution in [0, 0.1) is 0 Å². The van der Waals surface area contributed by atoms with Crippen LogP contribution in [0.4, 0.5) is 5.69 Å². The summed E-state index contributed by atoms with van der Waals surface area (Å²) in [5.41, 5.74) is 3.37. The van der Waals surface area contributed by atoms with Gasteiger partial charge in [0.25, 0.3) is 5.82 Å². The van der Waals surface area contributed by atoms with E-state index in [2.05, 4.69) is 21.7 Å². The highest BCUT2D eigenvalue weighted by molar-refractivity contribution is 5.95. The predicted octanol–water partition coefficient (Wildman–Crippen LogP) is 3.10. The SMILES string of the molecule is CC(=O)c1cccc(N=C([O-])C[n+]2cc(-c3ccccc3)n3c2CCC3)c1.Cl. The Morgan fingerprint density at radius 3 is 2.71 bits per heavy atom. The van der Waals surface area contributed by atoms with Crippen molar-refractivity contribution in [3.05, 3.63) is 72.2 Å². The summed E-state index contributed by atoms with van der Waals surface area (Å²) in [6.45, 7) is 2.68. The molecule has 5 nitrogen and oxygen atoms in total. The molecule has 144 valence electrons. The highest BCUT2D eigenvalue weighted by Gasteiger charge is 2.28. The molecule has 6 heteroatoms. The Bertz CT molecular complexity index is 1030. The lowest BCUT2D eigenvalue weighted by Gasteiger charge is -2.09. The van der Waals surface area contributed by atoms with Crippen LogP contribution in [0.1, 0.15) is 29.5 Å². The lowest BCUT2D eigenvalue weighted by atomic mass is 10.1. The van der Waals surface area contributed by atoms with E-state index in [-0.39, 0.29) is 30.6 Å². The van der Waals surface area contributed by atoms with Crippen molar-refractivity contribution in [1.82, 2.24) is 4.57 Å². The number of aromatic nitrogens is 2. The molecule has 0 unspecified atom stereocenters. The number of ketones is 1. The second kappa shape index (κ2) is 8.40. The van der Waals surface area contributed by atoms with Gasteiger partial charge >= 0.3 is 0 Å². The summed E-state index contributed by atoms with van der Waals surface area (Å²) in [5.74, 6) is 0.905. The van der Waals surface area contributed by atoms with Gasteiger partial charge in [0, 0.05) is 17.0 Å². The molecule has 0 saturated heterocycles. The van der Waals surface area contributed by atoms with E-state index >= 15 is 0 Å². The molecule has 0 aliphatic carbocycles. The number of fused-ring (bicyclic) bond motifs is 1. The first-order valence-corrected chi connectivity index (χ1v) is 9.14. The minimum absolute atomic E-state index is 0. The van der Waals surface area contributed by atoms with Crippen LogP contribution in [0.3, 0.4) is 0 Å². The van der Waals surface area contributed by atoms with E-state index in [4.69, 9.17) is 0 Å². The molecule has 0 amide bonds. The van der Waals surface area contributed by atoms with Crippen molar-refractivity contribution in [1.29, 1.82) is 0 Å². The quantitative estimate of drug-likeness (QED) is 0.288. The van der Waals surface area contributed by atoms with E-state index < -0.39 is 0 Å². The van der Waals surface area contributed by atoms with Crippen LogP contribution in [-0.2, 0) is 19.5 Å². The molecule has 2 heterocycles. The Morgan fingerprint density at radius 1 is 1.18 bits per heavy atom. The van der Waals surface area contributed by atoms with E-state index in [1.165, 1.54) is 6.92 Å². The van der Waals surface area contributed by atoms with E-state index in [0.717, 1.165) is 36.5 Å². The van der Waals surface area contributed by atoms with Gasteiger partial charge < -0.3 is 5.11 Å². The number of carbonyl (C=O) groups excluding carboxylic acids is 1. The number of halogens is 1. The molecule has 3 aromatic rings. The molecule has 4 rings (SSSR count). The van der Waals surface area contributed by atoms with Gasteiger partial charge in [-0.3, -0.25) is 9.79 Å². The molecule has 28 heavy (non-hydrogen) atoms. The summed E-state index contributed by atoms with van der Waals surface area (Å²) in [5, 5.41) is 12.5. The van der Waals surface area contributed by atoms with Crippen LogP contribution >= 0.6 is 12.4 Å². The zero-order chi connectivity index (χ0) is 18.8. The number of nitrogens with zero attached hydrogens (tertiary/aromatic N) is 3. The predicted molar refractivity (Wildman–Crippen MR) is 109 cm³/mol. The van der Waals surface area contributed by atoms with Crippen molar-refractivity contribution in [2.24, 2.45) is 4.99 Å². The third-order valence-electron chi connectivity index (χ3n) is 4.88. The Morgan fingerprint density at radius 2 is 1.96 bits per heavy atom. The van der Waals surface area contributed by atoms with Crippen LogP contribution in [-0.4, -0.2) is 16.2 Å². The maximum absolute atomic E-state index is 12.5. The summed E-state index contributed by atoms with van der Waals surface area (Å²) in [6.07, 6.45) is 4.09. The highest BCUT2D eigenvalue weighted by atomic mass is 35.5. The molecular formula is C22H22ClN3O2. The second-order valence-corrected chi connectivity index (χ2v) is 6.79. The van der Waals surface area contributed by atoms with Gasteiger partial charge in [0.1, 0.15) is 12.7 Å². The minimum Gasteiger partial charge on any atom is -0.859 e. The number of benzene rings is 2. The molecule has 0 atom stereocenters. The Kier molecular flexibility index (Phi) is 5.95. The van der Waals surface area contributed by atoms with Gasteiger partial charge in [-0.05, 0) is 25.5 Å². The number of Topliss-reactive ketones (excluding diaryl/α,β-unsaturated/α-hetero) is 1. The van der Waals surface area contributed by atoms with Gasteiger partial charge in [0.05, 0.1) is 18.7 Å². The van der Waals surface area contributed by atoms with Crippen LogP contribution in [0.25, 0.3) is 11.3 Å². The summed E-state index contributed by atoms with van der Waals surface area (Å²) in [7, 11) is 0. The number of imidazole rings is 1. The Hall–Kier alpha value is -2.92. The lowest BCUT2D eigenvalue weighted by Crippen LogP contribution is -2.43. The molecule has 0 fully saturated rings. The van der Waals surface area contributed by atoms with Gasteiger partial charge in [0.15, 0.2) is 11.5 Å². The average molecular weight is 396 g/mol. The van der Waals surface area contributed by atoms with E-state index in [1.54, 1.807) is 24.3 Å². The van der Waals surface area contributed by atoms with Crippen LogP contribution < -0.4 is 9.67 Å². The van der Waals surface area contributed by atoms with Gasteiger partial charge in [-0.15, -0.1) is 12.4 Å². The topological polar surface area (TPSA) is 61.3 Å². The molecule has 0 spiro atoms. The van der Waals surface area contributed by atoms with Gasteiger partial charge in [-0.1, -0.05) is 42.5 Å². The molecule has 2 aromatic carbocycles. The van der Waals surface area contributed by atoms with E-state index in [1.807, 2.05) is 29.0 Å². The fraction of sp³-hybridized carbons (Fsp3) is 0.227. The highest BCUT2D eigenvalue weighted by Crippen LogP contribution is 2.24. The fourth-order valence-corrected chi connectivity index (χ4v) is 3.60. The fourth-order valence-electron chi connectivity index (χ4n) is 3.60. The van der Waals surface area contributed by atoms with Crippen molar-refractivity contribution in [3.8, 4) is 11.3 Å². The van der Waals surface area contributed by atoms with Gasteiger partial charge in [-0.25, -0.2) is 9.13 Å². The number of rotatable bonds is 5. The molecule has 0 saturated carbocycles. The smallest absolute Gasteiger partial charge is 0.257 e. The first-order chi connectivity index (χ1) is 13.1. The maximum Gasteiger partial charge on any atom is 0.257 e. The van der Waals surface area contributed by atoms with Crippen molar-refractivity contribution >= 4 is 29.8 Å². The van der Waals surface area contributed by atoms with Gasteiger partial charge in [-0.2, -0.15) is 0 Å². The van der Waals surface area contributed by atoms with Crippen LogP contribution in [0.5, 0.6) is 0 Å². The number of hydrogen-bond donors (Lipinski definition) is 0. The van der Waals surface area contributed by atoms with Crippen molar-refractivity contribution in [3.63, 3.8) is 0 Å². The summed E-state index contributed by atoms with van der Waals surface area (Å²) >= 11 is 0. The van der Waals surface area contributed by atoms with Crippen molar-refractivity contribution < 1.29 is 14.5 Å². The molecule has 0 N–H and O–H groups in total. The summed E-state index contributed by atoms with van der Waals surface area (Å²) < 4.78 is 4.30. The number of aliphatic imine (C=N–C) groups is 1. The van der Waals surface area contributed by atoms with E-state index in [9.17, 15) is 9.90 Å². The zero-order valence-corrected chi connectivity index (χ0v) is 16.5. The minimum atomic E-state index is -0.222. The Balaban J connectivity index is 0.00000225.